The molecule has 1 aliphatic rings. The van der Waals surface area contributed by atoms with Crippen LogP contribution in [0.1, 0.15) is 27.9 Å². The van der Waals surface area contributed by atoms with Crippen LogP contribution in [-0.4, -0.2) is 12.8 Å². The van der Waals surface area contributed by atoms with Gasteiger partial charge in [0.15, 0.2) is 0 Å². The van der Waals surface area contributed by atoms with Crippen molar-refractivity contribution in [3.63, 3.8) is 0 Å². The number of fused-ring (bicyclic) bond motifs is 1. The van der Waals surface area contributed by atoms with Gasteiger partial charge in [-0.15, -0.1) is 0 Å². The maximum Gasteiger partial charge on any atom is 0.150 e. The number of aryl methyl sites for hydroxylation is 1. The smallest absolute Gasteiger partial charge is 0.150 e. The number of hydrogen-bond acceptors (Lipinski definition) is 3. The van der Waals surface area contributed by atoms with Gasteiger partial charge in [-0.2, -0.15) is 5.26 Å². The molecule has 0 saturated carbocycles. The van der Waals surface area contributed by atoms with Crippen LogP contribution in [0.4, 0.5) is 11.4 Å². The van der Waals surface area contributed by atoms with Crippen molar-refractivity contribution in [1.82, 2.24) is 0 Å². The molecule has 1 aliphatic heterocycles. The lowest BCUT2D eigenvalue weighted by atomic mass is 9.99. The molecule has 2 aromatic rings. The molecule has 1 heterocycles. The van der Waals surface area contributed by atoms with Crippen LogP contribution in [0.5, 0.6) is 0 Å². The third-order valence-electron chi connectivity index (χ3n) is 3.68. The number of nitriles is 1. The van der Waals surface area contributed by atoms with Gasteiger partial charge in [0.2, 0.25) is 0 Å². The Morgan fingerprint density at radius 2 is 2.00 bits per heavy atom. The Morgan fingerprint density at radius 3 is 2.80 bits per heavy atom. The fourth-order valence-corrected chi connectivity index (χ4v) is 2.74. The highest BCUT2D eigenvalue weighted by Gasteiger charge is 2.20. The van der Waals surface area contributed by atoms with Crippen molar-refractivity contribution in [3.8, 4) is 6.07 Å². The summed E-state index contributed by atoms with van der Waals surface area (Å²) < 4.78 is 0. The molecule has 0 spiro atoms. The van der Waals surface area contributed by atoms with Gasteiger partial charge in [0.1, 0.15) is 12.4 Å². The van der Waals surface area contributed by atoms with E-state index in [1.165, 1.54) is 5.56 Å². The van der Waals surface area contributed by atoms with E-state index in [-0.39, 0.29) is 0 Å². The molecule has 0 bridgehead atoms. The van der Waals surface area contributed by atoms with Crippen LogP contribution in [0.3, 0.4) is 0 Å². The zero-order valence-corrected chi connectivity index (χ0v) is 11.0. The van der Waals surface area contributed by atoms with Crippen molar-refractivity contribution in [3.05, 3.63) is 59.2 Å². The molecule has 0 saturated heterocycles. The fourth-order valence-electron chi connectivity index (χ4n) is 2.74. The number of carbonyl (C=O) groups is 1. The third kappa shape index (κ3) is 2.06. The lowest BCUT2D eigenvalue weighted by Crippen LogP contribution is -2.25. The highest BCUT2D eigenvalue weighted by atomic mass is 16.1. The number of para-hydroxylation sites is 1. The molecule has 98 valence electrons. The van der Waals surface area contributed by atoms with E-state index in [1.54, 1.807) is 12.1 Å². The van der Waals surface area contributed by atoms with Crippen LogP contribution in [0.15, 0.2) is 42.5 Å². The van der Waals surface area contributed by atoms with E-state index in [0.717, 1.165) is 37.0 Å². The summed E-state index contributed by atoms with van der Waals surface area (Å²) in [4.78, 5) is 13.0. The van der Waals surface area contributed by atoms with E-state index >= 15 is 0 Å². The predicted molar refractivity (Wildman–Crippen MR) is 78.3 cm³/mol. The molecule has 0 amide bonds. The molecule has 0 atom stereocenters. The van der Waals surface area contributed by atoms with Crippen LogP contribution in [0.2, 0.25) is 0 Å². The third-order valence-corrected chi connectivity index (χ3v) is 3.68. The number of benzene rings is 2. The SMILES string of the molecule is N#Cc1cc(C=O)ccc1N1CCCc2ccccc21. The molecule has 20 heavy (non-hydrogen) atoms. The Bertz CT molecular complexity index is 700. The minimum Gasteiger partial charge on any atom is -0.340 e. The average Bonchev–Trinajstić information content (AvgIpc) is 2.53. The van der Waals surface area contributed by atoms with Crippen molar-refractivity contribution >= 4 is 17.7 Å². The van der Waals surface area contributed by atoms with Gasteiger partial charge in [0.05, 0.1) is 11.3 Å². The first-order valence-electron chi connectivity index (χ1n) is 6.68. The van der Waals surface area contributed by atoms with Gasteiger partial charge in [0, 0.05) is 17.8 Å². The van der Waals surface area contributed by atoms with Crippen molar-refractivity contribution in [1.29, 1.82) is 5.26 Å². The quantitative estimate of drug-likeness (QED) is 0.778. The second-order valence-electron chi connectivity index (χ2n) is 4.89. The fraction of sp³-hybridized carbons (Fsp3) is 0.176. The summed E-state index contributed by atoms with van der Waals surface area (Å²) >= 11 is 0. The highest BCUT2D eigenvalue weighted by molar-refractivity contribution is 5.80. The van der Waals surface area contributed by atoms with Gasteiger partial charge in [-0.05, 0) is 42.7 Å². The number of rotatable bonds is 2. The minimum atomic E-state index is 0.538. The molecule has 0 aliphatic carbocycles. The summed E-state index contributed by atoms with van der Waals surface area (Å²) in [5.74, 6) is 0. The first kappa shape index (κ1) is 12.4. The zero-order chi connectivity index (χ0) is 13.9. The molecule has 0 unspecified atom stereocenters. The lowest BCUT2D eigenvalue weighted by Gasteiger charge is -2.32. The molecule has 0 radical (unpaired) electrons. The summed E-state index contributed by atoms with van der Waals surface area (Å²) in [6, 6.07) is 15.8. The van der Waals surface area contributed by atoms with Crippen LogP contribution >= 0.6 is 0 Å². The number of carbonyl (C=O) groups excluding carboxylic acids is 1. The largest absolute Gasteiger partial charge is 0.340 e. The van der Waals surface area contributed by atoms with E-state index in [1.807, 2.05) is 18.2 Å². The summed E-state index contributed by atoms with van der Waals surface area (Å²) in [6.07, 6.45) is 2.91. The monoisotopic (exact) mass is 262 g/mol. The van der Waals surface area contributed by atoms with Crippen LogP contribution < -0.4 is 4.90 Å². The predicted octanol–water partition coefficient (Wildman–Crippen LogP) is 3.46. The second-order valence-corrected chi connectivity index (χ2v) is 4.89. The van der Waals surface area contributed by atoms with Crippen molar-refractivity contribution in [2.75, 3.05) is 11.4 Å². The first-order valence-corrected chi connectivity index (χ1v) is 6.68. The van der Waals surface area contributed by atoms with E-state index in [4.69, 9.17) is 0 Å². The normalized spacial score (nSPS) is 13.4. The van der Waals surface area contributed by atoms with Crippen LogP contribution in [0.25, 0.3) is 0 Å². The average molecular weight is 262 g/mol. The highest BCUT2D eigenvalue weighted by Crippen LogP contribution is 2.35. The topological polar surface area (TPSA) is 44.1 Å². The van der Waals surface area contributed by atoms with Crippen molar-refractivity contribution in [2.45, 2.75) is 12.8 Å². The van der Waals surface area contributed by atoms with Crippen molar-refractivity contribution < 1.29 is 4.79 Å². The summed E-state index contributed by atoms with van der Waals surface area (Å²) in [6.45, 7) is 0.895. The molecule has 3 rings (SSSR count). The zero-order valence-electron chi connectivity index (χ0n) is 11.0. The Hall–Kier alpha value is -2.60. The standard InChI is InChI=1S/C17H14N2O/c18-11-15-10-13(12-20)7-8-17(15)19-9-3-5-14-4-1-2-6-16(14)19/h1-2,4,6-8,10,12H,3,5,9H2. The molecule has 2 aromatic carbocycles. The molecule has 3 heteroatoms. The number of nitrogens with zero attached hydrogens (tertiary/aromatic N) is 2. The molecular weight excluding hydrogens is 248 g/mol. The van der Waals surface area contributed by atoms with Gasteiger partial charge in [-0.1, -0.05) is 18.2 Å². The lowest BCUT2D eigenvalue weighted by molar-refractivity contribution is 0.112. The van der Waals surface area contributed by atoms with E-state index < -0.39 is 0 Å². The van der Waals surface area contributed by atoms with Gasteiger partial charge < -0.3 is 4.90 Å². The van der Waals surface area contributed by atoms with Gasteiger partial charge in [-0.25, -0.2) is 0 Å². The number of aldehydes is 1. The first-order chi connectivity index (χ1) is 9.83. The van der Waals surface area contributed by atoms with Crippen LogP contribution in [0, 0.1) is 11.3 Å². The van der Waals surface area contributed by atoms with Crippen molar-refractivity contribution in [2.24, 2.45) is 0 Å². The summed E-state index contributed by atoms with van der Waals surface area (Å²) in [5.41, 5.74) is 4.43. The van der Waals surface area contributed by atoms with E-state index in [9.17, 15) is 10.1 Å². The molecule has 0 fully saturated rings. The maximum atomic E-state index is 10.8. The Kier molecular flexibility index (Phi) is 3.22. The Labute approximate surface area is 118 Å². The van der Waals surface area contributed by atoms with Gasteiger partial charge in [-0.3, -0.25) is 4.79 Å². The molecule has 3 nitrogen and oxygen atoms in total. The van der Waals surface area contributed by atoms with Crippen LogP contribution in [-0.2, 0) is 6.42 Å². The number of hydrogen-bond donors (Lipinski definition) is 0. The van der Waals surface area contributed by atoms with E-state index in [0.29, 0.717) is 11.1 Å². The molecule has 0 aromatic heterocycles. The second kappa shape index (κ2) is 5.18. The minimum absolute atomic E-state index is 0.538. The van der Waals surface area contributed by atoms with E-state index in [2.05, 4.69) is 23.1 Å². The number of anilines is 2. The summed E-state index contributed by atoms with van der Waals surface area (Å²) in [5, 5.41) is 9.32. The van der Waals surface area contributed by atoms with Gasteiger partial charge >= 0.3 is 0 Å². The maximum absolute atomic E-state index is 10.8. The Morgan fingerprint density at radius 1 is 1.15 bits per heavy atom. The Balaban J connectivity index is 2.11. The molecule has 0 N–H and O–H groups in total. The summed E-state index contributed by atoms with van der Waals surface area (Å²) in [7, 11) is 0. The molecular formula is C17H14N2O. The van der Waals surface area contributed by atoms with Gasteiger partial charge in [0.25, 0.3) is 0 Å².